The SMILES string of the molecule is C=Cc1ccc(CNc2ccc(Nc3ccccc3)c3c2C(=O)c2ccccc2C3=O)cc1. The summed E-state index contributed by atoms with van der Waals surface area (Å²) in [6, 6.07) is 28.4. The van der Waals surface area contributed by atoms with Gasteiger partial charge in [0.05, 0.1) is 16.8 Å². The average molecular weight is 431 g/mol. The van der Waals surface area contributed by atoms with Crippen molar-refractivity contribution in [1.82, 2.24) is 0 Å². The Hall–Kier alpha value is -4.44. The second kappa shape index (κ2) is 8.60. The predicted molar refractivity (Wildman–Crippen MR) is 133 cm³/mol. The Balaban J connectivity index is 1.57. The molecule has 0 radical (unpaired) electrons. The molecule has 0 fully saturated rings. The van der Waals surface area contributed by atoms with Gasteiger partial charge in [-0.05, 0) is 35.4 Å². The predicted octanol–water partition coefficient (Wildman–Crippen LogP) is 6.46. The van der Waals surface area contributed by atoms with Crippen molar-refractivity contribution in [1.29, 1.82) is 0 Å². The van der Waals surface area contributed by atoms with E-state index in [1.54, 1.807) is 30.3 Å². The van der Waals surface area contributed by atoms with Gasteiger partial charge in [0.1, 0.15) is 0 Å². The Morgan fingerprint density at radius 2 is 1.24 bits per heavy atom. The molecule has 0 saturated heterocycles. The zero-order chi connectivity index (χ0) is 22.8. The first-order valence-corrected chi connectivity index (χ1v) is 10.8. The summed E-state index contributed by atoms with van der Waals surface area (Å²) >= 11 is 0. The van der Waals surface area contributed by atoms with Crippen LogP contribution in [0.5, 0.6) is 0 Å². The van der Waals surface area contributed by atoms with Gasteiger partial charge >= 0.3 is 0 Å². The van der Waals surface area contributed by atoms with Crippen LogP contribution in [0.2, 0.25) is 0 Å². The maximum absolute atomic E-state index is 13.5. The van der Waals surface area contributed by atoms with Gasteiger partial charge in [0.2, 0.25) is 0 Å². The molecule has 0 spiro atoms. The molecule has 2 N–H and O–H groups in total. The van der Waals surface area contributed by atoms with Gasteiger partial charge in [-0.15, -0.1) is 0 Å². The molecular weight excluding hydrogens is 408 g/mol. The van der Waals surface area contributed by atoms with Crippen molar-refractivity contribution >= 4 is 34.7 Å². The Morgan fingerprint density at radius 1 is 0.667 bits per heavy atom. The number of carbonyl (C=O) groups excluding carboxylic acids is 2. The third-order valence-corrected chi connectivity index (χ3v) is 5.83. The quantitative estimate of drug-likeness (QED) is 0.325. The van der Waals surface area contributed by atoms with Gasteiger partial charge in [-0.25, -0.2) is 0 Å². The molecule has 0 unspecified atom stereocenters. The minimum atomic E-state index is -0.155. The van der Waals surface area contributed by atoms with Gasteiger partial charge in [-0.2, -0.15) is 0 Å². The molecule has 0 atom stereocenters. The van der Waals surface area contributed by atoms with E-state index < -0.39 is 0 Å². The largest absolute Gasteiger partial charge is 0.380 e. The van der Waals surface area contributed by atoms with E-state index >= 15 is 0 Å². The molecule has 5 rings (SSSR count). The second-order valence-corrected chi connectivity index (χ2v) is 7.90. The van der Waals surface area contributed by atoms with Gasteiger partial charge in [-0.3, -0.25) is 9.59 Å². The van der Waals surface area contributed by atoms with E-state index in [0.29, 0.717) is 40.2 Å². The van der Waals surface area contributed by atoms with Gasteiger partial charge in [0, 0.05) is 29.0 Å². The van der Waals surface area contributed by atoms with Gasteiger partial charge < -0.3 is 10.6 Å². The van der Waals surface area contributed by atoms with Gasteiger partial charge in [0.25, 0.3) is 0 Å². The first kappa shape index (κ1) is 20.5. The number of anilines is 3. The highest BCUT2D eigenvalue weighted by Crippen LogP contribution is 2.37. The topological polar surface area (TPSA) is 58.2 Å². The molecular formula is C29H22N2O2. The third-order valence-electron chi connectivity index (χ3n) is 5.83. The number of nitrogens with one attached hydrogen (secondary N) is 2. The Labute approximate surface area is 192 Å². The minimum Gasteiger partial charge on any atom is -0.380 e. The number of carbonyl (C=O) groups is 2. The van der Waals surface area contributed by atoms with Crippen LogP contribution in [0.4, 0.5) is 17.1 Å². The molecule has 1 aliphatic carbocycles. The summed E-state index contributed by atoms with van der Waals surface area (Å²) in [7, 11) is 0. The number of benzene rings is 4. The summed E-state index contributed by atoms with van der Waals surface area (Å²) in [6.07, 6.45) is 1.80. The van der Waals surface area contributed by atoms with Crippen LogP contribution in [0.25, 0.3) is 6.08 Å². The van der Waals surface area contributed by atoms with Crippen molar-refractivity contribution in [2.75, 3.05) is 10.6 Å². The van der Waals surface area contributed by atoms with Crippen LogP contribution >= 0.6 is 0 Å². The lowest BCUT2D eigenvalue weighted by atomic mass is 9.82. The second-order valence-electron chi connectivity index (χ2n) is 7.90. The molecule has 1 aliphatic rings. The molecule has 0 bridgehead atoms. The maximum atomic E-state index is 13.5. The lowest BCUT2D eigenvalue weighted by Crippen LogP contribution is -2.23. The number of hydrogen-bond donors (Lipinski definition) is 2. The van der Waals surface area contributed by atoms with Crippen LogP contribution < -0.4 is 10.6 Å². The lowest BCUT2D eigenvalue weighted by molar-refractivity contribution is 0.0980. The molecule has 0 aromatic heterocycles. The summed E-state index contributed by atoms with van der Waals surface area (Å²) in [5.41, 5.74) is 5.89. The molecule has 4 aromatic rings. The van der Waals surface area contributed by atoms with Crippen molar-refractivity contribution in [2.45, 2.75) is 6.54 Å². The van der Waals surface area contributed by atoms with E-state index in [0.717, 1.165) is 16.8 Å². The number of fused-ring (bicyclic) bond motifs is 2. The van der Waals surface area contributed by atoms with Crippen molar-refractivity contribution in [3.63, 3.8) is 0 Å². The Morgan fingerprint density at radius 3 is 1.88 bits per heavy atom. The maximum Gasteiger partial charge on any atom is 0.196 e. The lowest BCUT2D eigenvalue weighted by Gasteiger charge is -2.24. The molecule has 4 heteroatoms. The smallest absolute Gasteiger partial charge is 0.196 e. The standard InChI is InChI=1S/C29H22N2O2/c1-2-19-12-14-20(15-13-19)18-30-24-16-17-25(31-21-8-4-3-5-9-21)27-26(24)28(32)22-10-6-7-11-23(22)29(27)33/h2-17,30-31H,1,18H2. The van der Waals surface area contributed by atoms with E-state index in [-0.39, 0.29) is 11.6 Å². The van der Waals surface area contributed by atoms with E-state index in [4.69, 9.17) is 0 Å². The zero-order valence-corrected chi connectivity index (χ0v) is 18.0. The van der Waals surface area contributed by atoms with E-state index in [2.05, 4.69) is 17.2 Å². The van der Waals surface area contributed by atoms with Gasteiger partial charge in [-0.1, -0.05) is 79.4 Å². The first-order chi connectivity index (χ1) is 16.2. The fraction of sp³-hybridized carbons (Fsp3) is 0.0345. The molecule has 4 nitrogen and oxygen atoms in total. The molecule has 0 heterocycles. The Bertz CT molecular complexity index is 1370. The van der Waals surface area contributed by atoms with Crippen molar-refractivity contribution in [2.24, 2.45) is 0 Å². The van der Waals surface area contributed by atoms with E-state index in [9.17, 15) is 9.59 Å². The molecule has 0 aliphatic heterocycles. The monoisotopic (exact) mass is 430 g/mol. The highest BCUT2D eigenvalue weighted by molar-refractivity contribution is 6.32. The molecule has 0 saturated carbocycles. The molecule has 160 valence electrons. The number of ketones is 2. The minimum absolute atomic E-state index is 0.151. The van der Waals surface area contributed by atoms with Crippen LogP contribution in [0, 0.1) is 0 Å². The molecule has 33 heavy (non-hydrogen) atoms. The summed E-state index contributed by atoms with van der Waals surface area (Å²) in [5, 5.41) is 6.69. The van der Waals surface area contributed by atoms with Crippen molar-refractivity contribution < 1.29 is 9.59 Å². The van der Waals surface area contributed by atoms with Crippen molar-refractivity contribution in [3.8, 4) is 0 Å². The fourth-order valence-corrected chi connectivity index (χ4v) is 4.12. The summed E-state index contributed by atoms with van der Waals surface area (Å²) < 4.78 is 0. The van der Waals surface area contributed by atoms with Crippen molar-refractivity contribution in [3.05, 3.63) is 131 Å². The number of para-hydroxylation sites is 1. The van der Waals surface area contributed by atoms with Gasteiger partial charge in [0.15, 0.2) is 11.6 Å². The van der Waals surface area contributed by atoms with E-state index in [1.807, 2.05) is 66.7 Å². The number of hydrogen-bond acceptors (Lipinski definition) is 4. The summed E-state index contributed by atoms with van der Waals surface area (Å²) in [4.78, 5) is 27.1. The normalized spacial score (nSPS) is 12.0. The highest BCUT2D eigenvalue weighted by Gasteiger charge is 2.33. The fourth-order valence-electron chi connectivity index (χ4n) is 4.12. The first-order valence-electron chi connectivity index (χ1n) is 10.8. The molecule has 4 aromatic carbocycles. The van der Waals surface area contributed by atoms with Crippen LogP contribution in [-0.2, 0) is 6.54 Å². The number of rotatable bonds is 6. The summed E-state index contributed by atoms with van der Waals surface area (Å²) in [5.74, 6) is -0.306. The average Bonchev–Trinajstić information content (AvgIpc) is 2.87. The summed E-state index contributed by atoms with van der Waals surface area (Å²) in [6.45, 7) is 4.31. The highest BCUT2D eigenvalue weighted by atomic mass is 16.1. The Kier molecular flexibility index (Phi) is 5.33. The van der Waals surface area contributed by atoms with Crippen LogP contribution in [0.1, 0.15) is 43.0 Å². The zero-order valence-electron chi connectivity index (χ0n) is 18.0. The molecule has 0 amide bonds. The third kappa shape index (κ3) is 3.83. The van der Waals surface area contributed by atoms with Crippen LogP contribution in [0.3, 0.4) is 0 Å². The van der Waals surface area contributed by atoms with Crippen LogP contribution in [0.15, 0.2) is 97.6 Å². The van der Waals surface area contributed by atoms with E-state index in [1.165, 1.54) is 0 Å². The van der Waals surface area contributed by atoms with Crippen LogP contribution in [-0.4, -0.2) is 11.6 Å².